The van der Waals surface area contributed by atoms with Gasteiger partial charge in [0.05, 0.1) is 36.8 Å². The van der Waals surface area contributed by atoms with Crippen molar-refractivity contribution < 1.29 is 24.7 Å². The Morgan fingerprint density at radius 2 is 1.27 bits per heavy atom. The van der Waals surface area contributed by atoms with Gasteiger partial charge in [-0.05, 0) is 55.8 Å². The summed E-state index contributed by atoms with van der Waals surface area (Å²) >= 11 is 0. The fourth-order valence-electron chi connectivity index (χ4n) is 3.76. The van der Waals surface area contributed by atoms with Crippen LogP contribution in [0, 0.1) is 24.0 Å². The lowest BCUT2D eigenvalue weighted by Crippen LogP contribution is -2.49. The van der Waals surface area contributed by atoms with Crippen LogP contribution in [0.1, 0.15) is 22.8 Å². The van der Waals surface area contributed by atoms with Gasteiger partial charge in [0.15, 0.2) is 0 Å². The molecule has 2 unspecified atom stereocenters. The van der Waals surface area contributed by atoms with E-state index < -0.39 is 35.5 Å². The summed E-state index contributed by atoms with van der Waals surface area (Å²) in [5.74, 6) is -0.886. The van der Waals surface area contributed by atoms with Gasteiger partial charge < -0.3 is 20.8 Å². The molecule has 2 atom stereocenters. The van der Waals surface area contributed by atoms with Crippen molar-refractivity contribution in [2.75, 3.05) is 30.3 Å². The maximum Gasteiger partial charge on any atom is 0.269 e. The average Bonchev–Trinajstić information content (AvgIpc) is 2.87. The molecule has 0 aliphatic rings. The molecule has 0 aliphatic heterocycles. The van der Waals surface area contributed by atoms with Crippen molar-refractivity contribution in [1.82, 2.24) is 4.90 Å². The maximum absolute atomic E-state index is 12.9. The molecule has 4 N–H and O–H groups in total. The predicted octanol–water partition coefficient (Wildman–Crippen LogP) is 3.19. The molecule has 0 radical (unpaired) electrons. The highest BCUT2D eigenvalue weighted by Gasteiger charge is 2.30. The molecule has 0 aliphatic carbocycles. The number of nitrogens with zero attached hydrogens (tertiary/aromatic N) is 2. The fraction of sp³-hybridized carbons (Fsp3) is 0.259. The Balaban J connectivity index is 1.80. The minimum atomic E-state index is -1.33. The molecule has 0 aromatic heterocycles. The number of hydrogen-bond acceptors (Lipinski definition) is 7. The van der Waals surface area contributed by atoms with Gasteiger partial charge in [-0.2, -0.15) is 0 Å². The Morgan fingerprint density at radius 1 is 0.838 bits per heavy atom. The van der Waals surface area contributed by atoms with E-state index in [1.165, 1.54) is 29.2 Å². The van der Waals surface area contributed by atoms with Crippen molar-refractivity contribution in [3.05, 3.63) is 99.6 Å². The van der Waals surface area contributed by atoms with Gasteiger partial charge in [-0.15, -0.1) is 0 Å². The lowest BCUT2D eigenvalue weighted by molar-refractivity contribution is -0.384. The van der Waals surface area contributed by atoms with E-state index in [2.05, 4.69) is 10.6 Å². The third-order valence-electron chi connectivity index (χ3n) is 5.83. The molecular weight excluding hydrogens is 476 g/mol. The first kappa shape index (κ1) is 27.5. The van der Waals surface area contributed by atoms with Gasteiger partial charge in [0, 0.05) is 23.5 Å². The first-order valence-corrected chi connectivity index (χ1v) is 11.7. The Bertz CT molecular complexity index is 1150. The normalized spacial score (nSPS) is 12.6. The summed E-state index contributed by atoms with van der Waals surface area (Å²) in [7, 11) is 0. The molecule has 37 heavy (non-hydrogen) atoms. The summed E-state index contributed by atoms with van der Waals surface area (Å²) in [5.41, 5.74) is 3.33. The molecule has 194 valence electrons. The zero-order chi connectivity index (χ0) is 26.9. The summed E-state index contributed by atoms with van der Waals surface area (Å²) in [6, 6.07) is 18.6. The molecule has 0 saturated heterocycles. The largest absolute Gasteiger partial charge is 0.395 e. The molecule has 10 nitrogen and oxygen atoms in total. The molecule has 0 bridgehead atoms. The van der Waals surface area contributed by atoms with Crippen LogP contribution in [-0.2, 0) is 9.59 Å². The third-order valence-corrected chi connectivity index (χ3v) is 5.83. The van der Waals surface area contributed by atoms with Crippen LogP contribution in [0.2, 0.25) is 0 Å². The second kappa shape index (κ2) is 12.7. The molecule has 0 fully saturated rings. The van der Waals surface area contributed by atoms with Crippen LogP contribution in [-0.4, -0.2) is 57.6 Å². The second-order valence-corrected chi connectivity index (χ2v) is 8.78. The number of nitro groups is 1. The second-order valence-electron chi connectivity index (χ2n) is 8.78. The first-order chi connectivity index (χ1) is 17.7. The van der Waals surface area contributed by atoms with E-state index in [0.717, 1.165) is 11.1 Å². The van der Waals surface area contributed by atoms with Crippen molar-refractivity contribution in [3.63, 3.8) is 0 Å². The highest BCUT2D eigenvalue weighted by atomic mass is 16.6. The van der Waals surface area contributed by atoms with Crippen LogP contribution in [0.25, 0.3) is 0 Å². The molecular formula is C27H30N4O6. The lowest BCUT2D eigenvalue weighted by Gasteiger charge is -2.33. The maximum atomic E-state index is 12.9. The van der Waals surface area contributed by atoms with Crippen LogP contribution in [0.4, 0.5) is 17.1 Å². The Morgan fingerprint density at radius 3 is 1.65 bits per heavy atom. The van der Waals surface area contributed by atoms with E-state index in [9.17, 15) is 29.9 Å². The molecule has 0 heterocycles. The van der Waals surface area contributed by atoms with E-state index in [4.69, 9.17) is 0 Å². The van der Waals surface area contributed by atoms with Crippen LogP contribution in [0.3, 0.4) is 0 Å². The average molecular weight is 507 g/mol. The van der Waals surface area contributed by atoms with Crippen molar-refractivity contribution in [2.24, 2.45) is 0 Å². The summed E-state index contributed by atoms with van der Waals surface area (Å²) < 4.78 is 0. The van der Waals surface area contributed by atoms with Crippen LogP contribution >= 0.6 is 0 Å². The Kier molecular flexibility index (Phi) is 9.45. The number of nitro benzene ring substituents is 1. The minimum absolute atomic E-state index is 0.150. The van der Waals surface area contributed by atoms with Crippen molar-refractivity contribution in [1.29, 1.82) is 0 Å². The molecule has 3 rings (SSSR count). The number of carbonyl (C=O) groups excluding carboxylic acids is 2. The number of amides is 2. The van der Waals surface area contributed by atoms with Gasteiger partial charge in [0.1, 0.15) is 0 Å². The van der Waals surface area contributed by atoms with Gasteiger partial charge in [0.2, 0.25) is 11.8 Å². The molecule has 3 aromatic rings. The van der Waals surface area contributed by atoms with Gasteiger partial charge in [-0.1, -0.05) is 35.4 Å². The quantitative estimate of drug-likeness (QED) is 0.231. The number of aliphatic hydroxyl groups excluding tert-OH is 2. The fourth-order valence-corrected chi connectivity index (χ4v) is 3.76. The van der Waals surface area contributed by atoms with Crippen LogP contribution < -0.4 is 10.6 Å². The van der Waals surface area contributed by atoms with E-state index in [1.807, 2.05) is 38.1 Å². The number of anilines is 2. The monoisotopic (exact) mass is 506 g/mol. The number of rotatable bonds is 11. The molecule has 2 amide bonds. The summed E-state index contributed by atoms with van der Waals surface area (Å²) in [6.45, 7) is 2.67. The molecule has 10 heteroatoms. The van der Waals surface area contributed by atoms with Gasteiger partial charge in [0.25, 0.3) is 5.69 Å². The number of nitrogens with one attached hydrogen (secondary N) is 2. The van der Waals surface area contributed by atoms with E-state index in [1.54, 1.807) is 24.3 Å². The first-order valence-electron chi connectivity index (χ1n) is 11.7. The van der Waals surface area contributed by atoms with Crippen LogP contribution in [0.5, 0.6) is 0 Å². The van der Waals surface area contributed by atoms with E-state index in [-0.39, 0.29) is 18.8 Å². The number of aliphatic hydroxyl groups is 2. The smallest absolute Gasteiger partial charge is 0.269 e. The Hall–Kier alpha value is -4.12. The zero-order valence-electron chi connectivity index (χ0n) is 20.6. The summed E-state index contributed by atoms with van der Waals surface area (Å²) in [6.07, 6.45) is -1.33. The van der Waals surface area contributed by atoms with Crippen molar-refractivity contribution in [3.8, 4) is 0 Å². The number of non-ortho nitro benzene ring substituents is 1. The van der Waals surface area contributed by atoms with Crippen molar-refractivity contribution in [2.45, 2.75) is 26.0 Å². The number of carbonyl (C=O) groups is 2. The molecule has 0 spiro atoms. The number of hydrogen-bond donors (Lipinski definition) is 4. The highest BCUT2D eigenvalue weighted by Crippen LogP contribution is 2.24. The SMILES string of the molecule is Cc1ccc(NC(=O)CN(CC(=O)Nc2ccc(C)cc2)C(CO)C(O)c2ccc([N+](=O)[O-])cc2)cc1. The third kappa shape index (κ3) is 7.94. The summed E-state index contributed by atoms with van der Waals surface area (Å²) in [4.78, 5) is 37.5. The topological polar surface area (TPSA) is 145 Å². The van der Waals surface area contributed by atoms with E-state index in [0.29, 0.717) is 16.9 Å². The molecule has 3 aromatic carbocycles. The standard InChI is InChI=1S/C27H30N4O6/c1-18-3-9-21(10-4-18)28-25(33)15-30(16-26(34)29-22-11-5-19(2)6-12-22)24(17-32)27(35)20-7-13-23(14-8-20)31(36)37/h3-14,24,27,32,35H,15-17H2,1-2H3,(H,28,33)(H,29,34). The minimum Gasteiger partial charge on any atom is -0.395 e. The van der Waals surface area contributed by atoms with Gasteiger partial charge >= 0.3 is 0 Å². The van der Waals surface area contributed by atoms with Crippen LogP contribution in [0.15, 0.2) is 72.8 Å². The Labute approximate surface area is 214 Å². The predicted molar refractivity (Wildman–Crippen MR) is 140 cm³/mol. The van der Waals surface area contributed by atoms with Gasteiger partial charge in [-0.3, -0.25) is 24.6 Å². The van der Waals surface area contributed by atoms with Crippen molar-refractivity contribution >= 4 is 28.9 Å². The summed E-state index contributed by atoms with van der Waals surface area (Å²) in [5, 5.41) is 37.7. The van der Waals surface area contributed by atoms with E-state index >= 15 is 0 Å². The van der Waals surface area contributed by atoms with Gasteiger partial charge in [-0.25, -0.2) is 0 Å². The number of benzene rings is 3. The number of aryl methyl sites for hydroxylation is 2. The molecule has 0 saturated carbocycles. The highest BCUT2D eigenvalue weighted by molar-refractivity contribution is 5.94. The lowest BCUT2D eigenvalue weighted by atomic mass is 10.0. The zero-order valence-corrected chi connectivity index (χ0v) is 20.6.